The van der Waals surface area contributed by atoms with Gasteiger partial charge in [0.05, 0.1) is 22.2 Å². The standard InChI is InChI=1S/C30H35N7O4/c1-18(2)37-25-10-9-22(13-24(25)28(39)36(30(37)41)15-20-6-7-20)33-29(40)34-12-4-5-23(17-34)32-27(38)21-8-11-26-31-19(3)14-35(26)16-21/h8-11,13-14,16,18,20,23H,4-7,12,15,17H2,1-3H3,(H,32,38)(H,33,40)/t23-/m1/s1. The Morgan fingerprint density at radius 2 is 1.88 bits per heavy atom. The smallest absolute Gasteiger partial charge is 0.331 e. The van der Waals surface area contributed by atoms with Gasteiger partial charge in [-0.2, -0.15) is 0 Å². The van der Waals surface area contributed by atoms with Gasteiger partial charge in [-0.3, -0.25) is 18.7 Å². The molecule has 2 fully saturated rings. The van der Waals surface area contributed by atoms with E-state index in [4.69, 9.17) is 0 Å². The zero-order valence-electron chi connectivity index (χ0n) is 23.6. The Morgan fingerprint density at radius 3 is 2.63 bits per heavy atom. The van der Waals surface area contributed by atoms with Gasteiger partial charge in [0.25, 0.3) is 11.5 Å². The first kappa shape index (κ1) is 26.8. The van der Waals surface area contributed by atoms with Gasteiger partial charge in [-0.15, -0.1) is 0 Å². The van der Waals surface area contributed by atoms with Crippen molar-refractivity contribution in [1.29, 1.82) is 0 Å². The first-order valence-corrected chi connectivity index (χ1v) is 14.3. The number of benzene rings is 1. The van der Waals surface area contributed by atoms with E-state index in [1.165, 1.54) is 4.57 Å². The number of nitrogens with zero attached hydrogens (tertiary/aromatic N) is 5. The van der Waals surface area contributed by atoms with Crippen molar-refractivity contribution in [2.24, 2.45) is 5.92 Å². The van der Waals surface area contributed by atoms with Gasteiger partial charge in [0.2, 0.25) is 0 Å². The highest BCUT2D eigenvalue weighted by molar-refractivity contribution is 5.95. The fourth-order valence-corrected chi connectivity index (χ4v) is 5.68. The number of hydrogen-bond donors (Lipinski definition) is 2. The molecule has 0 radical (unpaired) electrons. The summed E-state index contributed by atoms with van der Waals surface area (Å²) in [6.45, 7) is 7.11. The average molecular weight is 558 g/mol. The van der Waals surface area contributed by atoms with E-state index in [-0.39, 0.29) is 35.3 Å². The quantitative estimate of drug-likeness (QED) is 0.376. The minimum absolute atomic E-state index is 0.122. The topological polar surface area (TPSA) is 123 Å². The van der Waals surface area contributed by atoms with Crippen LogP contribution in [0.1, 0.15) is 61.6 Å². The fraction of sp³-hybridized carbons (Fsp3) is 0.433. The van der Waals surface area contributed by atoms with E-state index in [2.05, 4.69) is 15.6 Å². The molecule has 4 heterocycles. The van der Waals surface area contributed by atoms with Crippen molar-refractivity contribution in [1.82, 2.24) is 28.7 Å². The summed E-state index contributed by atoms with van der Waals surface area (Å²) >= 11 is 0. The minimum Gasteiger partial charge on any atom is -0.347 e. The predicted molar refractivity (Wildman–Crippen MR) is 157 cm³/mol. The number of anilines is 1. The Morgan fingerprint density at radius 1 is 1.07 bits per heavy atom. The number of pyridine rings is 1. The Labute approximate surface area is 236 Å². The molecule has 1 saturated carbocycles. The van der Waals surface area contributed by atoms with Crippen molar-refractivity contribution >= 4 is 34.2 Å². The molecule has 214 valence electrons. The lowest BCUT2D eigenvalue weighted by atomic mass is 10.1. The molecule has 3 aromatic heterocycles. The Balaban J connectivity index is 1.17. The lowest BCUT2D eigenvalue weighted by Crippen LogP contribution is -2.50. The first-order valence-electron chi connectivity index (χ1n) is 14.3. The van der Waals surface area contributed by atoms with Gasteiger partial charge >= 0.3 is 11.7 Å². The molecule has 6 rings (SSSR count). The van der Waals surface area contributed by atoms with Gasteiger partial charge < -0.3 is 19.9 Å². The van der Waals surface area contributed by atoms with Gasteiger partial charge in [0, 0.05) is 49.8 Å². The van der Waals surface area contributed by atoms with E-state index >= 15 is 0 Å². The molecule has 1 aliphatic heterocycles. The second-order valence-corrected chi connectivity index (χ2v) is 11.6. The van der Waals surface area contributed by atoms with E-state index in [1.54, 1.807) is 39.9 Å². The number of urea groups is 1. The molecule has 4 aromatic rings. The number of aryl methyl sites for hydroxylation is 1. The lowest BCUT2D eigenvalue weighted by Gasteiger charge is -2.33. The summed E-state index contributed by atoms with van der Waals surface area (Å²) in [5.74, 6) is 0.172. The molecule has 11 nitrogen and oxygen atoms in total. The lowest BCUT2D eigenvalue weighted by molar-refractivity contribution is 0.0912. The van der Waals surface area contributed by atoms with Crippen LogP contribution in [0.15, 0.2) is 52.3 Å². The van der Waals surface area contributed by atoms with Gasteiger partial charge in [-0.25, -0.2) is 14.6 Å². The molecular formula is C30H35N7O4. The maximum absolute atomic E-state index is 13.3. The maximum atomic E-state index is 13.3. The molecule has 41 heavy (non-hydrogen) atoms. The number of carbonyl (C=O) groups is 2. The summed E-state index contributed by atoms with van der Waals surface area (Å²) in [6.07, 6.45) is 7.20. The van der Waals surface area contributed by atoms with Crippen LogP contribution in [0.2, 0.25) is 0 Å². The van der Waals surface area contributed by atoms with Crippen LogP contribution in [-0.4, -0.2) is 54.5 Å². The Kier molecular flexibility index (Phi) is 6.88. The number of nitrogens with one attached hydrogen (secondary N) is 2. The van der Waals surface area contributed by atoms with E-state index in [0.717, 1.165) is 37.0 Å². The molecule has 1 atom stereocenters. The second kappa shape index (κ2) is 10.5. The van der Waals surface area contributed by atoms with Crippen LogP contribution < -0.4 is 21.9 Å². The Hall–Kier alpha value is -4.41. The number of carbonyl (C=O) groups excluding carboxylic acids is 2. The number of piperidine rings is 1. The summed E-state index contributed by atoms with van der Waals surface area (Å²) in [7, 11) is 0. The zero-order chi connectivity index (χ0) is 28.8. The van der Waals surface area contributed by atoms with Gasteiger partial charge in [-0.05, 0) is 82.7 Å². The van der Waals surface area contributed by atoms with E-state index < -0.39 is 0 Å². The van der Waals surface area contributed by atoms with Crippen molar-refractivity contribution in [3.63, 3.8) is 0 Å². The molecule has 1 aliphatic carbocycles. The van der Waals surface area contributed by atoms with Crippen molar-refractivity contribution in [2.45, 2.75) is 65.1 Å². The zero-order valence-corrected chi connectivity index (χ0v) is 23.6. The van der Waals surface area contributed by atoms with Crippen LogP contribution in [-0.2, 0) is 6.54 Å². The third-order valence-electron chi connectivity index (χ3n) is 7.95. The molecule has 2 aliphatic rings. The van der Waals surface area contributed by atoms with Crippen molar-refractivity contribution in [3.8, 4) is 0 Å². The highest BCUT2D eigenvalue weighted by atomic mass is 16.2. The Bertz CT molecular complexity index is 1780. The normalized spacial score (nSPS) is 17.4. The monoisotopic (exact) mass is 557 g/mol. The van der Waals surface area contributed by atoms with Crippen molar-refractivity contribution < 1.29 is 9.59 Å². The summed E-state index contributed by atoms with van der Waals surface area (Å²) in [6, 6.07) is 8.07. The molecule has 0 unspecified atom stereocenters. The highest BCUT2D eigenvalue weighted by Gasteiger charge is 2.27. The summed E-state index contributed by atoms with van der Waals surface area (Å²) < 4.78 is 4.82. The fourth-order valence-electron chi connectivity index (χ4n) is 5.68. The van der Waals surface area contributed by atoms with E-state index in [0.29, 0.717) is 47.7 Å². The number of fused-ring (bicyclic) bond motifs is 2. The van der Waals surface area contributed by atoms with Crippen LogP contribution in [0.4, 0.5) is 10.5 Å². The number of imidazole rings is 1. The van der Waals surface area contributed by atoms with Gasteiger partial charge in [0.1, 0.15) is 5.65 Å². The third kappa shape index (κ3) is 5.36. The molecule has 2 N–H and O–H groups in total. The van der Waals surface area contributed by atoms with Crippen LogP contribution >= 0.6 is 0 Å². The summed E-state index contributed by atoms with van der Waals surface area (Å²) in [5, 5.41) is 6.40. The van der Waals surface area contributed by atoms with E-state index in [1.807, 2.05) is 37.4 Å². The number of aromatic nitrogens is 4. The highest BCUT2D eigenvalue weighted by Crippen LogP contribution is 2.30. The second-order valence-electron chi connectivity index (χ2n) is 11.6. The predicted octanol–water partition coefficient (Wildman–Crippen LogP) is 3.54. The molecule has 11 heteroatoms. The van der Waals surface area contributed by atoms with Crippen molar-refractivity contribution in [2.75, 3.05) is 18.4 Å². The molecule has 3 amide bonds. The molecule has 1 saturated heterocycles. The molecule has 0 spiro atoms. The van der Waals surface area contributed by atoms with E-state index in [9.17, 15) is 19.2 Å². The van der Waals surface area contributed by atoms with Crippen LogP contribution in [0.5, 0.6) is 0 Å². The number of amides is 3. The molecule has 0 bridgehead atoms. The van der Waals surface area contributed by atoms with Gasteiger partial charge in [-0.1, -0.05) is 0 Å². The van der Waals surface area contributed by atoms with Crippen LogP contribution in [0.25, 0.3) is 16.6 Å². The largest absolute Gasteiger partial charge is 0.347 e. The summed E-state index contributed by atoms with van der Waals surface area (Å²) in [5.41, 5.74) is 2.62. The number of hydrogen-bond acceptors (Lipinski definition) is 5. The summed E-state index contributed by atoms with van der Waals surface area (Å²) in [4.78, 5) is 58.8. The number of rotatable bonds is 6. The SMILES string of the molecule is Cc1cn2cc(C(=O)N[C@@H]3CCCN(C(=O)Nc4ccc5c(c4)c(=O)n(CC4CC4)c(=O)n5C(C)C)C3)ccc2n1. The van der Waals surface area contributed by atoms with Gasteiger partial charge in [0.15, 0.2) is 0 Å². The molecular weight excluding hydrogens is 522 g/mol. The first-order chi connectivity index (χ1) is 19.7. The number of likely N-dealkylation sites (tertiary alicyclic amines) is 1. The maximum Gasteiger partial charge on any atom is 0.331 e. The average Bonchev–Trinajstić information content (AvgIpc) is 3.69. The van der Waals surface area contributed by atoms with Crippen LogP contribution in [0.3, 0.4) is 0 Å². The third-order valence-corrected chi connectivity index (χ3v) is 7.95. The van der Waals surface area contributed by atoms with Crippen molar-refractivity contribution in [3.05, 3.63) is 74.8 Å². The minimum atomic E-state index is -0.324. The molecule has 1 aromatic carbocycles. The van der Waals surface area contributed by atoms with Crippen LogP contribution in [0, 0.1) is 12.8 Å².